The fourth-order valence-corrected chi connectivity index (χ4v) is 5.26. The van der Waals surface area contributed by atoms with Crippen molar-refractivity contribution in [3.05, 3.63) is 104 Å². The third kappa shape index (κ3) is 5.86. The highest BCUT2D eigenvalue weighted by atomic mass is 35.5. The van der Waals surface area contributed by atoms with Gasteiger partial charge in [-0.2, -0.15) is 26.3 Å². The van der Waals surface area contributed by atoms with Crippen LogP contribution in [0.25, 0.3) is 22.6 Å². The van der Waals surface area contributed by atoms with Crippen molar-refractivity contribution >= 4 is 28.7 Å². The first-order valence-corrected chi connectivity index (χ1v) is 12.9. The van der Waals surface area contributed by atoms with E-state index >= 15 is 0 Å². The molecular weight excluding hydrogens is 592 g/mol. The number of aryl methyl sites for hydroxylation is 1. The fraction of sp³-hybridized carbons (Fsp3) is 0.148. The van der Waals surface area contributed by atoms with Crippen LogP contribution < -0.4 is 0 Å². The van der Waals surface area contributed by atoms with Crippen LogP contribution in [-0.2, 0) is 18.9 Å². The SMILES string of the molecule is Cc1nc(-c2nnn(Cc3cc(C(F)(F)F)cc(C(F)(F)F)c3)c2-c2cccnc2)c(C(=O)c2ccccc2Cl)s1. The number of carbonyl (C=O) groups excluding carboxylic acids is 1. The van der Waals surface area contributed by atoms with Gasteiger partial charge in [-0.25, -0.2) is 9.67 Å². The van der Waals surface area contributed by atoms with Crippen molar-refractivity contribution < 1.29 is 31.1 Å². The second-order valence-corrected chi connectivity index (χ2v) is 10.4. The standard InChI is InChI=1S/C27H16ClF6N5OS/c1-14-36-22(25(41-14)24(40)19-6-2-3-7-20(19)28)21-23(16-5-4-8-35-12-16)39(38-37-21)13-15-9-17(26(29,30)31)11-18(10-15)27(32,33)34/h2-12H,13H2,1H3. The average molecular weight is 608 g/mol. The van der Waals surface area contributed by atoms with E-state index in [1.165, 1.54) is 12.4 Å². The quantitative estimate of drug-likeness (QED) is 0.146. The van der Waals surface area contributed by atoms with Crippen molar-refractivity contribution in [2.45, 2.75) is 25.8 Å². The van der Waals surface area contributed by atoms with Crippen LogP contribution in [0.15, 0.2) is 67.0 Å². The third-order valence-corrected chi connectivity index (χ3v) is 7.23. The van der Waals surface area contributed by atoms with Gasteiger partial charge in [-0.05, 0) is 55.0 Å². The van der Waals surface area contributed by atoms with E-state index in [2.05, 4.69) is 20.3 Å². The van der Waals surface area contributed by atoms with E-state index in [1.807, 2.05) is 0 Å². The van der Waals surface area contributed by atoms with Crippen LogP contribution in [0.4, 0.5) is 26.3 Å². The number of thiazole rings is 1. The summed E-state index contributed by atoms with van der Waals surface area (Å²) >= 11 is 7.33. The molecule has 210 valence electrons. The van der Waals surface area contributed by atoms with Gasteiger partial charge in [0.2, 0.25) is 5.78 Å². The number of pyridine rings is 1. The molecule has 0 spiro atoms. The van der Waals surface area contributed by atoms with Gasteiger partial charge in [0, 0.05) is 23.5 Å². The van der Waals surface area contributed by atoms with Crippen LogP contribution in [0.1, 0.15) is 36.9 Å². The molecule has 0 fully saturated rings. The number of ketones is 1. The summed E-state index contributed by atoms with van der Waals surface area (Å²) in [6.45, 7) is 1.17. The predicted molar refractivity (Wildman–Crippen MR) is 140 cm³/mol. The van der Waals surface area contributed by atoms with Crippen LogP contribution in [0.5, 0.6) is 0 Å². The molecule has 5 aromatic rings. The van der Waals surface area contributed by atoms with Crippen LogP contribution >= 0.6 is 22.9 Å². The van der Waals surface area contributed by atoms with E-state index in [4.69, 9.17) is 11.6 Å². The summed E-state index contributed by atoms with van der Waals surface area (Å²) in [5.74, 6) is -0.435. The minimum Gasteiger partial charge on any atom is -0.288 e. The Balaban J connectivity index is 1.67. The lowest BCUT2D eigenvalue weighted by molar-refractivity contribution is -0.143. The van der Waals surface area contributed by atoms with Crippen molar-refractivity contribution in [1.29, 1.82) is 0 Å². The van der Waals surface area contributed by atoms with E-state index < -0.39 is 35.8 Å². The first-order valence-electron chi connectivity index (χ1n) is 11.7. The topological polar surface area (TPSA) is 73.6 Å². The number of aromatic nitrogens is 5. The molecule has 5 rings (SSSR count). The maximum Gasteiger partial charge on any atom is 0.416 e. The first kappa shape index (κ1) is 28.4. The molecule has 6 nitrogen and oxygen atoms in total. The van der Waals surface area contributed by atoms with Crippen LogP contribution in [0.3, 0.4) is 0 Å². The van der Waals surface area contributed by atoms with Crippen molar-refractivity contribution in [3.63, 3.8) is 0 Å². The molecule has 0 bridgehead atoms. The number of benzene rings is 2. The Kier molecular flexibility index (Phi) is 7.43. The summed E-state index contributed by atoms with van der Waals surface area (Å²) in [4.78, 5) is 22.2. The molecule has 3 heterocycles. The molecular formula is C27H16ClF6N5OS. The van der Waals surface area contributed by atoms with Gasteiger partial charge in [0.05, 0.1) is 27.7 Å². The molecule has 0 atom stereocenters. The van der Waals surface area contributed by atoms with Crippen molar-refractivity contribution in [1.82, 2.24) is 25.0 Å². The molecule has 0 amide bonds. The molecule has 2 aromatic carbocycles. The molecule has 0 saturated carbocycles. The number of hydrogen-bond donors (Lipinski definition) is 0. The average Bonchev–Trinajstić information content (AvgIpc) is 3.51. The Morgan fingerprint density at radius 1 is 0.951 bits per heavy atom. The fourth-order valence-electron chi connectivity index (χ4n) is 4.16. The third-order valence-electron chi connectivity index (χ3n) is 5.93. The number of hydrogen-bond acceptors (Lipinski definition) is 6. The summed E-state index contributed by atoms with van der Waals surface area (Å²) < 4.78 is 82.0. The lowest BCUT2D eigenvalue weighted by Gasteiger charge is -2.15. The number of alkyl halides is 6. The lowest BCUT2D eigenvalue weighted by Crippen LogP contribution is -2.13. The zero-order chi connectivity index (χ0) is 29.5. The molecule has 3 aromatic heterocycles. The lowest BCUT2D eigenvalue weighted by atomic mass is 10.0. The molecule has 14 heteroatoms. The molecule has 0 aliphatic rings. The van der Waals surface area contributed by atoms with Crippen LogP contribution in [-0.4, -0.2) is 30.7 Å². The number of nitrogens with zero attached hydrogens (tertiary/aromatic N) is 5. The zero-order valence-corrected chi connectivity index (χ0v) is 22.3. The Bertz CT molecular complexity index is 1720. The van der Waals surface area contributed by atoms with E-state index in [9.17, 15) is 31.1 Å². The van der Waals surface area contributed by atoms with Gasteiger partial charge in [0.15, 0.2) is 0 Å². The van der Waals surface area contributed by atoms with Gasteiger partial charge in [-0.3, -0.25) is 9.78 Å². The highest BCUT2D eigenvalue weighted by Gasteiger charge is 2.37. The van der Waals surface area contributed by atoms with E-state index in [-0.39, 0.29) is 44.2 Å². The summed E-state index contributed by atoms with van der Waals surface area (Å²) in [7, 11) is 0. The first-order chi connectivity index (χ1) is 19.3. The smallest absolute Gasteiger partial charge is 0.288 e. The Morgan fingerprint density at radius 2 is 1.63 bits per heavy atom. The molecule has 0 unspecified atom stereocenters. The Labute approximate surface area is 237 Å². The zero-order valence-electron chi connectivity index (χ0n) is 20.8. The van der Waals surface area contributed by atoms with E-state index in [0.717, 1.165) is 16.0 Å². The summed E-state index contributed by atoms with van der Waals surface area (Å²) in [6, 6.07) is 10.9. The summed E-state index contributed by atoms with van der Waals surface area (Å²) in [6.07, 6.45) is -7.11. The van der Waals surface area contributed by atoms with Gasteiger partial charge < -0.3 is 0 Å². The van der Waals surface area contributed by atoms with Crippen LogP contribution in [0, 0.1) is 6.92 Å². The van der Waals surface area contributed by atoms with Crippen molar-refractivity contribution in [2.75, 3.05) is 0 Å². The minimum atomic E-state index is -5.01. The van der Waals surface area contributed by atoms with Gasteiger partial charge in [0.1, 0.15) is 22.0 Å². The van der Waals surface area contributed by atoms with Gasteiger partial charge in [-0.1, -0.05) is 28.9 Å². The molecule has 41 heavy (non-hydrogen) atoms. The Morgan fingerprint density at radius 3 is 2.24 bits per heavy atom. The van der Waals surface area contributed by atoms with Crippen molar-refractivity contribution in [3.8, 4) is 22.6 Å². The summed E-state index contributed by atoms with van der Waals surface area (Å²) in [5.41, 5.74) is -2.15. The Hall–Kier alpha value is -4.10. The second kappa shape index (κ2) is 10.7. The molecule has 0 radical (unpaired) electrons. The number of rotatable bonds is 6. The van der Waals surface area contributed by atoms with E-state index in [1.54, 1.807) is 43.3 Å². The largest absolute Gasteiger partial charge is 0.416 e. The second-order valence-electron chi connectivity index (χ2n) is 8.82. The van der Waals surface area contributed by atoms with Crippen LogP contribution in [0.2, 0.25) is 5.02 Å². The molecule has 0 saturated heterocycles. The molecule has 0 aliphatic carbocycles. The minimum absolute atomic E-state index is 0.0585. The predicted octanol–water partition coefficient (Wildman–Crippen LogP) is 7.74. The van der Waals surface area contributed by atoms with Gasteiger partial charge in [-0.15, -0.1) is 16.4 Å². The maximum absolute atomic E-state index is 13.5. The molecule has 0 N–H and O–H groups in total. The number of halogens is 7. The van der Waals surface area contributed by atoms with Crippen molar-refractivity contribution in [2.24, 2.45) is 0 Å². The van der Waals surface area contributed by atoms with Gasteiger partial charge in [0.25, 0.3) is 0 Å². The highest BCUT2D eigenvalue weighted by Crippen LogP contribution is 2.39. The number of carbonyl (C=O) groups is 1. The maximum atomic E-state index is 13.5. The summed E-state index contributed by atoms with van der Waals surface area (Å²) in [5, 5.41) is 8.95. The monoisotopic (exact) mass is 607 g/mol. The van der Waals surface area contributed by atoms with E-state index in [0.29, 0.717) is 22.7 Å². The highest BCUT2D eigenvalue weighted by molar-refractivity contribution is 7.14. The van der Waals surface area contributed by atoms with Gasteiger partial charge >= 0.3 is 12.4 Å². The normalized spacial score (nSPS) is 12.1. The molecule has 0 aliphatic heterocycles.